The zero-order valence-corrected chi connectivity index (χ0v) is 20.3. The Bertz CT molecular complexity index is 1580. The van der Waals surface area contributed by atoms with Crippen LogP contribution >= 0.6 is 0 Å². The first-order valence-electron chi connectivity index (χ1n) is 11.8. The van der Waals surface area contributed by atoms with Crippen LogP contribution in [0.1, 0.15) is 22.7 Å². The van der Waals surface area contributed by atoms with E-state index in [2.05, 4.69) is 0 Å². The molecule has 1 amide bonds. The lowest BCUT2D eigenvalue weighted by atomic mass is 9.94. The van der Waals surface area contributed by atoms with Gasteiger partial charge in [0.15, 0.2) is 0 Å². The third-order valence-corrected chi connectivity index (χ3v) is 6.32. The number of hydrogen-bond donors (Lipinski definition) is 1. The second kappa shape index (κ2) is 10.0. The van der Waals surface area contributed by atoms with Gasteiger partial charge in [-0.25, -0.2) is 0 Å². The zero-order valence-electron chi connectivity index (χ0n) is 20.3. The number of nitro groups is 1. The van der Waals surface area contributed by atoms with Crippen molar-refractivity contribution >= 4 is 28.8 Å². The molecule has 5 rings (SSSR count). The van der Waals surface area contributed by atoms with Gasteiger partial charge in [0.05, 0.1) is 16.5 Å². The average molecular weight is 507 g/mol. The zero-order chi connectivity index (χ0) is 26.8. The monoisotopic (exact) mass is 506 g/mol. The number of aliphatic hydroxyl groups excluding tert-OH is 1. The second-order valence-electron chi connectivity index (χ2n) is 8.75. The molecule has 0 aliphatic carbocycles. The minimum Gasteiger partial charge on any atom is -0.507 e. The quantitative estimate of drug-likeness (QED) is 0.108. The van der Waals surface area contributed by atoms with E-state index in [9.17, 15) is 24.8 Å². The van der Waals surface area contributed by atoms with Crippen molar-refractivity contribution in [1.82, 2.24) is 0 Å². The molecule has 1 unspecified atom stereocenters. The van der Waals surface area contributed by atoms with Gasteiger partial charge in [0.1, 0.15) is 17.3 Å². The molecular formula is C30H22N2O6. The lowest BCUT2D eigenvalue weighted by Gasteiger charge is -2.27. The number of nitro benzene ring substituents is 1. The smallest absolute Gasteiger partial charge is 0.300 e. The van der Waals surface area contributed by atoms with Gasteiger partial charge in [0.2, 0.25) is 0 Å². The number of non-ortho nitro benzene ring substituents is 1. The van der Waals surface area contributed by atoms with E-state index < -0.39 is 28.4 Å². The first-order chi connectivity index (χ1) is 18.3. The van der Waals surface area contributed by atoms with Crippen LogP contribution in [0.5, 0.6) is 11.5 Å². The molecule has 0 saturated carbocycles. The highest BCUT2D eigenvalue weighted by atomic mass is 16.6. The second-order valence-corrected chi connectivity index (χ2v) is 8.75. The molecule has 1 aliphatic heterocycles. The number of carbonyl (C=O) groups excluding carboxylic acids is 2. The number of rotatable bonds is 6. The Morgan fingerprint density at radius 1 is 0.868 bits per heavy atom. The molecule has 188 valence electrons. The third kappa shape index (κ3) is 4.51. The molecule has 4 aromatic carbocycles. The first kappa shape index (κ1) is 24.5. The molecule has 1 N–H and O–H groups in total. The van der Waals surface area contributed by atoms with Crippen molar-refractivity contribution in [3.05, 3.63) is 136 Å². The fraction of sp³-hybridized carbons (Fsp3) is 0.0667. The Labute approximate surface area is 218 Å². The van der Waals surface area contributed by atoms with E-state index >= 15 is 0 Å². The van der Waals surface area contributed by atoms with Crippen molar-refractivity contribution in [2.45, 2.75) is 13.0 Å². The van der Waals surface area contributed by atoms with Crippen molar-refractivity contribution in [2.24, 2.45) is 0 Å². The lowest BCUT2D eigenvalue weighted by Crippen LogP contribution is -2.30. The first-order valence-corrected chi connectivity index (χ1v) is 11.8. The maximum atomic E-state index is 13.4. The van der Waals surface area contributed by atoms with Crippen LogP contribution in [0.3, 0.4) is 0 Å². The van der Waals surface area contributed by atoms with Crippen LogP contribution < -0.4 is 9.64 Å². The number of hydrogen-bond acceptors (Lipinski definition) is 6. The molecule has 1 saturated heterocycles. The molecule has 0 radical (unpaired) electrons. The normalized spacial score (nSPS) is 16.4. The number of para-hydroxylation sites is 2. The number of aliphatic hydroxyl groups is 1. The van der Waals surface area contributed by atoms with E-state index in [0.29, 0.717) is 22.7 Å². The standard InChI is InChI=1S/C30H22N2O6/c1-19-8-5-6-13-25(19)31-27(21-9-7-12-24(18-21)38-23-10-3-2-4-11-23)26(29(34)30(31)35)28(33)20-14-16-22(17-15-20)32(36)37/h2-18,27,33H,1H3/b28-26+. The average Bonchev–Trinajstić information content (AvgIpc) is 3.19. The maximum absolute atomic E-state index is 13.4. The highest BCUT2D eigenvalue weighted by Gasteiger charge is 2.47. The van der Waals surface area contributed by atoms with E-state index in [1.807, 2.05) is 37.3 Å². The third-order valence-electron chi connectivity index (χ3n) is 6.32. The summed E-state index contributed by atoms with van der Waals surface area (Å²) in [7, 11) is 0. The fourth-order valence-corrected chi connectivity index (χ4v) is 4.50. The number of nitrogens with zero attached hydrogens (tertiary/aromatic N) is 2. The van der Waals surface area contributed by atoms with Crippen molar-refractivity contribution in [3.8, 4) is 11.5 Å². The van der Waals surface area contributed by atoms with Gasteiger partial charge in [-0.1, -0.05) is 48.5 Å². The maximum Gasteiger partial charge on any atom is 0.300 e. The summed E-state index contributed by atoms with van der Waals surface area (Å²) in [5.74, 6) is -0.970. The molecule has 1 atom stereocenters. The molecule has 4 aromatic rings. The van der Waals surface area contributed by atoms with Crippen LogP contribution in [0.25, 0.3) is 5.76 Å². The molecular weight excluding hydrogens is 484 g/mol. The van der Waals surface area contributed by atoms with Crippen LogP contribution in [0.15, 0.2) is 109 Å². The predicted molar refractivity (Wildman–Crippen MR) is 142 cm³/mol. The minimum atomic E-state index is -0.967. The van der Waals surface area contributed by atoms with E-state index in [1.165, 1.54) is 29.2 Å². The van der Waals surface area contributed by atoms with E-state index in [1.54, 1.807) is 48.5 Å². The number of Topliss-reactive ketones (excluding diaryl/α,β-unsaturated/α-hetero) is 1. The lowest BCUT2D eigenvalue weighted by molar-refractivity contribution is -0.384. The number of ether oxygens (including phenoxy) is 1. The number of aryl methyl sites for hydroxylation is 1. The number of anilines is 1. The van der Waals surface area contributed by atoms with Gasteiger partial charge in [-0.05, 0) is 60.5 Å². The van der Waals surface area contributed by atoms with Crippen molar-refractivity contribution in [3.63, 3.8) is 0 Å². The molecule has 1 fully saturated rings. The molecule has 8 heteroatoms. The summed E-state index contributed by atoms with van der Waals surface area (Å²) in [6.45, 7) is 1.83. The Morgan fingerprint density at radius 3 is 2.21 bits per heavy atom. The van der Waals surface area contributed by atoms with E-state index in [4.69, 9.17) is 4.74 Å². The van der Waals surface area contributed by atoms with Gasteiger partial charge in [-0.2, -0.15) is 0 Å². The Morgan fingerprint density at radius 2 is 1.53 bits per heavy atom. The van der Waals surface area contributed by atoms with Crippen LogP contribution in [-0.2, 0) is 9.59 Å². The van der Waals surface area contributed by atoms with E-state index in [-0.39, 0.29) is 16.8 Å². The Balaban J connectivity index is 1.67. The molecule has 0 aromatic heterocycles. The summed E-state index contributed by atoms with van der Waals surface area (Å²) in [6, 6.07) is 27.5. The highest BCUT2D eigenvalue weighted by Crippen LogP contribution is 2.44. The van der Waals surface area contributed by atoms with Gasteiger partial charge in [-0.3, -0.25) is 24.6 Å². The fourth-order valence-electron chi connectivity index (χ4n) is 4.50. The number of amides is 1. The molecule has 1 aliphatic rings. The SMILES string of the molecule is Cc1ccccc1N1C(=O)C(=O)/C(=C(/O)c2ccc([N+](=O)[O-])cc2)C1c1cccc(Oc2ccccc2)c1. The van der Waals surface area contributed by atoms with Crippen molar-refractivity contribution in [2.75, 3.05) is 4.90 Å². The summed E-state index contributed by atoms with van der Waals surface area (Å²) < 4.78 is 5.98. The van der Waals surface area contributed by atoms with Gasteiger partial charge >= 0.3 is 0 Å². The summed E-state index contributed by atoms with van der Waals surface area (Å²) in [4.78, 5) is 38.7. The van der Waals surface area contributed by atoms with Crippen LogP contribution in [-0.4, -0.2) is 21.7 Å². The van der Waals surface area contributed by atoms with Crippen molar-refractivity contribution < 1.29 is 24.4 Å². The Hall–Kier alpha value is -5.24. The summed E-state index contributed by atoms with van der Waals surface area (Å²) in [5, 5.41) is 22.4. The highest BCUT2D eigenvalue weighted by molar-refractivity contribution is 6.51. The van der Waals surface area contributed by atoms with Gasteiger partial charge in [0, 0.05) is 23.4 Å². The molecule has 38 heavy (non-hydrogen) atoms. The molecule has 0 bridgehead atoms. The summed E-state index contributed by atoms with van der Waals surface area (Å²) in [5.41, 5.74) is 1.74. The van der Waals surface area contributed by atoms with Crippen LogP contribution in [0.2, 0.25) is 0 Å². The van der Waals surface area contributed by atoms with Crippen LogP contribution in [0.4, 0.5) is 11.4 Å². The topological polar surface area (TPSA) is 110 Å². The van der Waals surface area contributed by atoms with Gasteiger partial charge < -0.3 is 9.84 Å². The minimum absolute atomic E-state index is 0.121. The van der Waals surface area contributed by atoms with E-state index in [0.717, 1.165) is 5.56 Å². The predicted octanol–water partition coefficient (Wildman–Crippen LogP) is 6.32. The summed E-state index contributed by atoms with van der Waals surface area (Å²) in [6.07, 6.45) is 0. The number of ketones is 1. The van der Waals surface area contributed by atoms with Crippen molar-refractivity contribution in [1.29, 1.82) is 0 Å². The largest absolute Gasteiger partial charge is 0.507 e. The molecule has 0 spiro atoms. The number of benzene rings is 4. The van der Waals surface area contributed by atoms with Gasteiger partial charge in [-0.15, -0.1) is 0 Å². The van der Waals surface area contributed by atoms with Gasteiger partial charge in [0.25, 0.3) is 17.4 Å². The Kier molecular flexibility index (Phi) is 6.45. The number of carbonyl (C=O) groups is 2. The molecule has 1 heterocycles. The summed E-state index contributed by atoms with van der Waals surface area (Å²) >= 11 is 0. The van der Waals surface area contributed by atoms with Crippen LogP contribution in [0, 0.1) is 17.0 Å². The molecule has 8 nitrogen and oxygen atoms in total.